The van der Waals surface area contributed by atoms with Gasteiger partial charge >= 0.3 is 0 Å². The predicted octanol–water partition coefficient (Wildman–Crippen LogP) is 3.76. The quantitative estimate of drug-likeness (QED) is 0.770. The van der Waals surface area contributed by atoms with E-state index in [-0.39, 0.29) is 23.8 Å². The van der Waals surface area contributed by atoms with Crippen molar-refractivity contribution in [2.45, 2.75) is 12.3 Å². The van der Waals surface area contributed by atoms with Crippen molar-refractivity contribution in [1.82, 2.24) is 9.78 Å². The normalized spacial score (nSPS) is 16.4. The van der Waals surface area contributed by atoms with Crippen LogP contribution in [0.3, 0.4) is 0 Å². The third kappa shape index (κ3) is 2.57. The maximum Gasteiger partial charge on any atom is 0.226 e. The zero-order valence-electron chi connectivity index (χ0n) is 12.8. The Morgan fingerprint density at radius 1 is 1.04 bits per heavy atom. The van der Waals surface area contributed by atoms with Crippen LogP contribution in [0.15, 0.2) is 48.7 Å². The van der Waals surface area contributed by atoms with E-state index in [1.807, 2.05) is 0 Å². The summed E-state index contributed by atoms with van der Waals surface area (Å²) in [6.45, 7) is 0. The van der Waals surface area contributed by atoms with Crippen LogP contribution in [0.2, 0.25) is 0 Å². The lowest BCUT2D eigenvalue weighted by atomic mass is 9.87. The molecule has 0 fully saturated rings. The third-order valence-corrected chi connectivity index (χ3v) is 4.24. The molecule has 3 aromatic rings. The van der Waals surface area contributed by atoms with E-state index in [1.165, 1.54) is 23.0 Å². The first kappa shape index (κ1) is 15.4. The molecule has 1 amide bonds. The number of benzene rings is 2. The molecule has 0 radical (unpaired) electrons. The second kappa shape index (κ2) is 5.77. The van der Waals surface area contributed by atoms with Crippen LogP contribution in [0, 0.1) is 17.5 Å². The van der Waals surface area contributed by atoms with E-state index in [1.54, 1.807) is 18.2 Å². The number of carbonyl (C=O) groups excluding carboxylic acids is 1. The summed E-state index contributed by atoms with van der Waals surface area (Å²) in [5.41, 5.74) is 0.947. The van der Waals surface area contributed by atoms with Crippen LogP contribution in [0.5, 0.6) is 0 Å². The fourth-order valence-electron chi connectivity index (χ4n) is 3.09. The molecule has 25 heavy (non-hydrogen) atoms. The SMILES string of the molecule is O=C1CC(c2ccccc2F)c2cnn(-c3ccc(F)cc3F)c2N1. The Labute approximate surface area is 140 Å². The fraction of sp³-hybridized carbons (Fsp3) is 0.111. The van der Waals surface area contributed by atoms with Crippen LogP contribution >= 0.6 is 0 Å². The van der Waals surface area contributed by atoms with Gasteiger partial charge in [0.05, 0.1) is 6.20 Å². The van der Waals surface area contributed by atoms with Crippen molar-refractivity contribution in [2.24, 2.45) is 0 Å². The highest BCUT2D eigenvalue weighted by atomic mass is 19.1. The second-order valence-electron chi connectivity index (χ2n) is 5.78. The molecular formula is C18H12F3N3O. The van der Waals surface area contributed by atoms with E-state index in [9.17, 15) is 18.0 Å². The number of halogens is 3. The maximum absolute atomic E-state index is 14.2. The van der Waals surface area contributed by atoms with Gasteiger partial charge in [0.1, 0.15) is 23.1 Å². The summed E-state index contributed by atoms with van der Waals surface area (Å²) in [7, 11) is 0. The molecule has 1 aromatic heterocycles. The largest absolute Gasteiger partial charge is 0.310 e. The van der Waals surface area contributed by atoms with Gasteiger partial charge in [0, 0.05) is 24.0 Å². The van der Waals surface area contributed by atoms with E-state index >= 15 is 0 Å². The third-order valence-electron chi connectivity index (χ3n) is 4.24. The minimum atomic E-state index is -0.812. The van der Waals surface area contributed by atoms with Crippen molar-refractivity contribution in [3.8, 4) is 5.69 Å². The fourth-order valence-corrected chi connectivity index (χ4v) is 3.09. The second-order valence-corrected chi connectivity index (χ2v) is 5.78. The van der Waals surface area contributed by atoms with Crippen LogP contribution in [-0.2, 0) is 4.79 Å². The Bertz CT molecular complexity index is 983. The van der Waals surface area contributed by atoms with E-state index in [4.69, 9.17) is 0 Å². The number of hydrogen-bond donors (Lipinski definition) is 1. The Morgan fingerprint density at radius 3 is 2.60 bits per heavy atom. The van der Waals surface area contributed by atoms with Crippen molar-refractivity contribution in [3.05, 3.63) is 77.2 Å². The first-order chi connectivity index (χ1) is 12.0. The molecule has 1 atom stereocenters. The van der Waals surface area contributed by atoms with Crippen molar-refractivity contribution in [3.63, 3.8) is 0 Å². The highest BCUT2D eigenvalue weighted by Crippen LogP contribution is 2.39. The van der Waals surface area contributed by atoms with Crippen LogP contribution in [-0.4, -0.2) is 15.7 Å². The molecule has 1 N–H and O–H groups in total. The molecule has 4 nitrogen and oxygen atoms in total. The van der Waals surface area contributed by atoms with Gasteiger partial charge in [-0.05, 0) is 23.8 Å². The lowest BCUT2D eigenvalue weighted by Gasteiger charge is -2.24. The van der Waals surface area contributed by atoms with Crippen molar-refractivity contribution in [2.75, 3.05) is 5.32 Å². The molecule has 0 saturated heterocycles. The highest BCUT2D eigenvalue weighted by molar-refractivity contribution is 5.94. The predicted molar refractivity (Wildman–Crippen MR) is 85.0 cm³/mol. The minimum absolute atomic E-state index is 0.00265. The number of rotatable bonds is 2. The number of carbonyl (C=O) groups is 1. The van der Waals surface area contributed by atoms with Gasteiger partial charge in [-0.1, -0.05) is 18.2 Å². The lowest BCUT2D eigenvalue weighted by Crippen LogP contribution is -2.25. The number of anilines is 1. The van der Waals surface area contributed by atoms with Crippen LogP contribution < -0.4 is 5.32 Å². The Hall–Kier alpha value is -3.09. The van der Waals surface area contributed by atoms with Gasteiger partial charge < -0.3 is 5.32 Å². The number of hydrogen-bond acceptors (Lipinski definition) is 2. The van der Waals surface area contributed by atoms with Gasteiger partial charge in [0.25, 0.3) is 0 Å². The smallest absolute Gasteiger partial charge is 0.226 e. The molecule has 2 heterocycles. The molecule has 1 aliphatic heterocycles. The zero-order valence-corrected chi connectivity index (χ0v) is 12.8. The van der Waals surface area contributed by atoms with E-state index in [0.717, 1.165) is 12.1 Å². The van der Waals surface area contributed by atoms with E-state index < -0.39 is 23.4 Å². The van der Waals surface area contributed by atoms with Crippen molar-refractivity contribution in [1.29, 1.82) is 0 Å². The summed E-state index contributed by atoms with van der Waals surface area (Å²) < 4.78 is 42.6. The average molecular weight is 343 g/mol. The van der Waals surface area contributed by atoms with Gasteiger partial charge in [-0.25, -0.2) is 17.9 Å². The molecule has 1 unspecified atom stereocenters. The monoisotopic (exact) mass is 343 g/mol. The number of aromatic nitrogens is 2. The van der Waals surface area contributed by atoms with E-state index in [2.05, 4.69) is 10.4 Å². The number of nitrogens with one attached hydrogen (secondary N) is 1. The van der Waals surface area contributed by atoms with Gasteiger partial charge in [-0.15, -0.1) is 0 Å². The highest BCUT2D eigenvalue weighted by Gasteiger charge is 2.32. The number of nitrogens with zero attached hydrogens (tertiary/aromatic N) is 2. The Kier molecular flexibility index (Phi) is 3.56. The van der Waals surface area contributed by atoms with Gasteiger partial charge in [0.15, 0.2) is 5.82 Å². The Balaban J connectivity index is 1.86. The molecule has 126 valence electrons. The summed E-state index contributed by atoms with van der Waals surface area (Å²) in [6, 6.07) is 9.27. The van der Waals surface area contributed by atoms with Gasteiger partial charge in [0.2, 0.25) is 5.91 Å². The molecule has 0 aliphatic carbocycles. The van der Waals surface area contributed by atoms with Crippen molar-refractivity contribution < 1.29 is 18.0 Å². The van der Waals surface area contributed by atoms with Crippen LogP contribution in [0.25, 0.3) is 5.69 Å². The Morgan fingerprint density at radius 2 is 1.84 bits per heavy atom. The molecular weight excluding hydrogens is 331 g/mol. The topological polar surface area (TPSA) is 46.9 Å². The molecule has 0 spiro atoms. The number of amides is 1. The average Bonchev–Trinajstić information content (AvgIpc) is 2.98. The first-order valence-electron chi connectivity index (χ1n) is 7.62. The molecule has 7 heteroatoms. The summed E-state index contributed by atoms with van der Waals surface area (Å²) in [4.78, 5) is 12.1. The van der Waals surface area contributed by atoms with Crippen molar-refractivity contribution >= 4 is 11.7 Å². The lowest BCUT2D eigenvalue weighted by molar-refractivity contribution is -0.116. The summed E-state index contributed by atoms with van der Waals surface area (Å²) in [5, 5.41) is 6.76. The van der Waals surface area contributed by atoms with Gasteiger partial charge in [-0.3, -0.25) is 4.79 Å². The van der Waals surface area contributed by atoms with Gasteiger partial charge in [-0.2, -0.15) is 5.10 Å². The zero-order chi connectivity index (χ0) is 17.6. The first-order valence-corrected chi connectivity index (χ1v) is 7.62. The molecule has 0 bridgehead atoms. The summed E-state index contributed by atoms with van der Waals surface area (Å²) >= 11 is 0. The molecule has 4 rings (SSSR count). The van der Waals surface area contributed by atoms with Crippen LogP contribution in [0.4, 0.5) is 19.0 Å². The van der Waals surface area contributed by atoms with Crippen LogP contribution in [0.1, 0.15) is 23.5 Å². The molecule has 2 aromatic carbocycles. The van der Waals surface area contributed by atoms with E-state index in [0.29, 0.717) is 11.1 Å². The minimum Gasteiger partial charge on any atom is -0.310 e. The summed E-state index contributed by atoms with van der Waals surface area (Å²) in [5.74, 6) is -2.54. The number of fused-ring (bicyclic) bond motifs is 1. The maximum atomic E-state index is 14.2. The molecule has 1 aliphatic rings. The summed E-state index contributed by atoms with van der Waals surface area (Å²) in [6.07, 6.45) is 1.53. The standard InChI is InChI=1S/C18H12F3N3O/c19-10-5-6-16(15(21)7-10)24-18-13(9-22-24)12(8-17(25)23-18)11-3-1-2-4-14(11)20/h1-7,9,12H,8H2,(H,23,25). The molecule has 0 saturated carbocycles.